The minimum absolute atomic E-state index is 0.00812. The Morgan fingerprint density at radius 2 is 0.686 bits per heavy atom. The summed E-state index contributed by atoms with van der Waals surface area (Å²) in [4.78, 5) is 24.4. The molecule has 2 unspecified atom stereocenters. The summed E-state index contributed by atoms with van der Waals surface area (Å²) >= 11 is 0. The van der Waals surface area contributed by atoms with Gasteiger partial charge in [-0.2, -0.15) is 0 Å². The summed E-state index contributed by atoms with van der Waals surface area (Å²) in [5.41, 5.74) is 0. The average molecular weight is 987 g/mol. The molecule has 0 radical (unpaired) electrons. The van der Waals surface area contributed by atoms with Crippen LogP contribution >= 0.6 is 0 Å². The van der Waals surface area contributed by atoms with E-state index in [1.807, 2.05) is 6.08 Å². The molecule has 0 bridgehead atoms. The first-order chi connectivity index (χ1) is 34.5. The first-order valence-electron chi connectivity index (χ1n) is 31.6. The summed E-state index contributed by atoms with van der Waals surface area (Å²) in [7, 11) is 0. The van der Waals surface area contributed by atoms with E-state index in [1.165, 1.54) is 276 Å². The van der Waals surface area contributed by atoms with Crippen LogP contribution in [0.3, 0.4) is 0 Å². The summed E-state index contributed by atoms with van der Waals surface area (Å²) in [5, 5.41) is 23.1. The maximum atomic E-state index is 12.4. The second-order valence-electron chi connectivity index (χ2n) is 21.7. The second-order valence-corrected chi connectivity index (χ2v) is 21.7. The van der Waals surface area contributed by atoms with Crippen LogP contribution in [-0.2, 0) is 14.3 Å². The van der Waals surface area contributed by atoms with Crippen molar-refractivity contribution in [2.24, 2.45) is 0 Å². The number of hydrogen-bond donors (Lipinski definition) is 3. The molecule has 0 aromatic heterocycles. The highest BCUT2D eigenvalue weighted by Crippen LogP contribution is 2.18. The largest absolute Gasteiger partial charge is 0.466 e. The number of carbonyl (C=O) groups excluding carboxylic acids is 2. The lowest BCUT2D eigenvalue weighted by molar-refractivity contribution is -0.143. The topological polar surface area (TPSA) is 95.9 Å². The van der Waals surface area contributed by atoms with Gasteiger partial charge in [0.2, 0.25) is 5.91 Å². The molecule has 0 saturated carbocycles. The van der Waals surface area contributed by atoms with Gasteiger partial charge < -0.3 is 20.3 Å². The van der Waals surface area contributed by atoms with Crippen LogP contribution in [0.5, 0.6) is 0 Å². The molecule has 70 heavy (non-hydrogen) atoms. The van der Waals surface area contributed by atoms with Crippen molar-refractivity contribution in [1.82, 2.24) is 5.32 Å². The third-order valence-corrected chi connectivity index (χ3v) is 14.7. The van der Waals surface area contributed by atoms with Crippen molar-refractivity contribution in [2.75, 3.05) is 13.2 Å². The van der Waals surface area contributed by atoms with Gasteiger partial charge in [0, 0.05) is 12.8 Å². The number of aliphatic hydroxyl groups excluding tert-OH is 2. The van der Waals surface area contributed by atoms with E-state index >= 15 is 0 Å². The van der Waals surface area contributed by atoms with E-state index in [2.05, 4.69) is 31.3 Å². The Hall–Kier alpha value is -1.66. The van der Waals surface area contributed by atoms with Gasteiger partial charge in [0.05, 0.1) is 25.4 Å². The Bertz CT molecular complexity index is 1090. The van der Waals surface area contributed by atoms with Crippen molar-refractivity contribution in [1.29, 1.82) is 0 Å². The van der Waals surface area contributed by atoms with Crippen LogP contribution < -0.4 is 5.32 Å². The highest BCUT2D eigenvalue weighted by molar-refractivity contribution is 5.76. The van der Waals surface area contributed by atoms with Crippen LogP contribution in [0.25, 0.3) is 0 Å². The molecule has 0 aromatic carbocycles. The van der Waals surface area contributed by atoms with Crippen LogP contribution in [0, 0.1) is 0 Å². The fourth-order valence-corrected chi connectivity index (χ4v) is 9.85. The van der Waals surface area contributed by atoms with E-state index < -0.39 is 12.1 Å². The third-order valence-electron chi connectivity index (χ3n) is 14.7. The van der Waals surface area contributed by atoms with Gasteiger partial charge in [0.25, 0.3) is 0 Å². The van der Waals surface area contributed by atoms with Crippen molar-refractivity contribution >= 4 is 11.9 Å². The number of ether oxygens (including phenoxy) is 1. The quantitative estimate of drug-likeness (QED) is 0.0321. The molecule has 6 heteroatoms. The lowest BCUT2D eigenvalue weighted by atomic mass is 10.0. The lowest BCUT2D eigenvalue weighted by Crippen LogP contribution is -2.45. The van der Waals surface area contributed by atoms with E-state index in [1.54, 1.807) is 6.08 Å². The summed E-state index contributed by atoms with van der Waals surface area (Å²) in [5.74, 6) is -0.0553. The number of allylic oxidation sites excluding steroid dienone is 3. The van der Waals surface area contributed by atoms with Crippen LogP contribution in [0.4, 0.5) is 0 Å². The predicted octanol–water partition coefficient (Wildman–Crippen LogP) is 19.8. The number of esters is 1. The molecule has 0 aliphatic heterocycles. The van der Waals surface area contributed by atoms with E-state index in [0.29, 0.717) is 19.4 Å². The number of hydrogen-bond acceptors (Lipinski definition) is 5. The van der Waals surface area contributed by atoms with Gasteiger partial charge in [-0.25, -0.2) is 0 Å². The third kappa shape index (κ3) is 55.7. The van der Waals surface area contributed by atoms with Crippen molar-refractivity contribution in [2.45, 2.75) is 360 Å². The molecule has 414 valence electrons. The van der Waals surface area contributed by atoms with E-state index in [0.717, 1.165) is 44.9 Å². The molecule has 0 aliphatic rings. The van der Waals surface area contributed by atoms with Crippen LogP contribution in [0.15, 0.2) is 24.3 Å². The molecule has 3 N–H and O–H groups in total. The van der Waals surface area contributed by atoms with Gasteiger partial charge in [-0.1, -0.05) is 308 Å². The molecule has 0 aromatic rings. The molecule has 0 fully saturated rings. The average Bonchev–Trinajstić information content (AvgIpc) is 3.36. The van der Waals surface area contributed by atoms with Crippen molar-refractivity contribution in [3.63, 3.8) is 0 Å². The normalized spacial score (nSPS) is 12.7. The predicted molar refractivity (Wildman–Crippen MR) is 306 cm³/mol. The zero-order valence-electron chi connectivity index (χ0n) is 47.3. The summed E-state index contributed by atoms with van der Waals surface area (Å²) in [6.45, 7) is 4.88. The molecule has 6 nitrogen and oxygen atoms in total. The fourth-order valence-electron chi connectivity index (χ4n) is 9.85. The van der Waals surface area contributed by atoms with E-state index in [4.69, 9.17) is 4.74 Å². The maximum absolute atomic E-state index is 12.4. The molecule has 0 spiro atoms. The van der Waals surface area contributed by atoms with Gasteiger partial charge in [-0.15, -0.1) is 0 Å². The summed E-state index contributed by atoms with van der Waals surface area (Å²) < 4.78 is 5.46. The second kappa shape index (κ2) is 59.9. The highest BCUT2D eigenvalue weighted by Gasteiger charge is 2.18. The molecule has 0 aliphatic carbocycles. The Kier molecular flexibility index (Phi) is 58.5. The Labute approximate surface area is 437 Å². The van der Waals surface area contributed by atoms with Crippen LogP contribution in [0.2, 0.25) is 0 Å². The first-order valence-corrected chi connectivity index (χ1v) is 31.6. The Morgan fingerprint density at radius 1 is 0.386 bits per heavy atom. The summed E-state index contributed by atoms with van der Waals surface area (Å²) in [6, 6.07) is -0.624. The SMILES string of the molecule is CCCC/C=C\CCCCCCCC(=O)OCCCCCCCCCCCCCCCCCCCCCCCCCCCCCCCC(=O)NC(CO)C(O)/C=C/CCCCCCCCCCCCC. The van der Waals surface area contributed by atoms with Gasteiger partial charge in [-0.05, 0) is 51.4 Å². The zero-order chi connectivity index (χ0) is 50.7. The van der Waals surface area contributed by atoms with Gasteiger partial charge in [-0.3, -0.25) is 9.59 Å². The van der Waals surface area contributed by atoms with Gasteiger partial charge >= 0.3 is 5.97 Å². The molecule has 0 rings (SSSR count). The monoisotopic (exact) mass is 986 g/mol. The van der Waals surface area contributed by atoms with Crippen molar-refractivity contribution < 1.29 is 24.5 Å². The Morgan fingerprint density at radius 3 is 1.06 bits per heavy atom. The number of nitrogens with one attached hydrogen (secondary N) is 1. The molecule has 2 atom stereocenters. The zero-order valence-corrected chi connectivity index (χ0v) is 47.3. The lowest BCUT2D eigenvalue weighted by Gasteiger charge is -2.20. The maximum Gasteiger partial charge on any atom is 0.305 e. The van der Waals surface area contributed by atoms with Crippen molar-refractivity contribution in [3.8, 4) is 0 Å². The molecule has 1 amide bonds. The first kappa shape index (κ1) is 68.3. The smallest absolute Gasteiger partial charge is 0.305 e. The fraction of sp³-hybridized carbons (Fsp3) is 0.906. The molecule has 0 heterocycles. The highest BCUT2D eigenvalue weighted by atomic mass is 16.5. The number of amides is 1. The minimum Gasteiger partial charge on any atom is -0.466 e. The standard InChI is InChI=1S/C64H123NO5/c1-3-5-7-9-11-13-15-33-37-40-44-48-52-56-62(67)61(60-66)65-63(68)57-53-49-45-41-38-34-31-29-27-25-23-21-19-17-16-18-20-22-24-26-28-30-32-35-39-43-47-51-55-59-70-64(69)58-54-50-46-42-36-14-12-10-8-6-4-2/h10,12,52,56,61-62,66-67H,3-9,11,13-51,53-55,57-60H2,1-2H3,(H,65,68)/b12-10-,56-52+. The number of carbonyl (C=O) groups is 2. The number of rotatable bonds is 59. The van der Waals surface area contributed by atoms with Crippen LogP contribution in [0.1, 0.15) is 348 Å². The molecular formula is C64H123NO5. The number of unbranched alkanes of at least 4 members (excludes halogenated alkanes) is 46. The number of aliphatic hydroxyl groups is 2. The van der Waals surface area contributed by atoms with Crippen molar-refractivity contribution in [3.05, 3.63) is 24.3 Å². The van der Waals surface area contributed by atoms with E-state index in [9.17, 15) is 19.8 Å². The van der Waals surface area contributed by atoms with Gasteiger partial charge in [0.1, 0.15) is 0 Å². The summed E-state index contributed by atoms with van der Waals surface area (Å²) in [6.07, 6.45) is 73.8. The minimum atomic E-state index is -0.840. The van der Waals surface area contributed by atoms with E-state index in [-0.39, 0.29) is 18.5 Å². The molecular weight excluding hydrogens is 863 g/mol. The molecule has 0 saturated heterocycles. The van der Waals surface area contributed by atoms with Gasteiger partial charge in [0.15, 0.2) is 0 Å². The Balaban J connectivity index is 3.34. The van der Waals surface area contributed by atoms with Crippen LogP contribution in [-0.4, -0.2) is 47.4 Å².